The Morgan fingerprint density at radius 2 is 1.25 bits per heavy atom. The molecule has 17 valence electrons. The topological polar surface area (TPSA) is 0 Å². The summed E-state index contributed by atoms with van der Waals surface area (Å²) in [5.41, 5.74) is 0. The van der Waals surface area contributed by atoms with Gasteiger partial charge in [0.15, 0.2) is 0 Å². The van der Waals surface area contributed by atoms with Crippen molar-refractivity contribution in [3.8, 4) is 0 Å². The third-order valence-corrected chi connectivity index (χ3v) is 0. The zero-order valence-electron chi connectivity index (χ0n) is 2.86. The molecule has 4 heteroatoms. The van der Waals surface area contributed by atoms with Crippen LogP contribution in [-0.4, -0.2) is 15.8 Å². The minimum absolute atomic E-state index is 0. The average Bonchev–Trinajstić information content (AvgIpc) is 1.00. The van der Waals surface area contributed by atoms with E-state index >= 15 is 0 Å². The Morgan fingerprint density at radius 1 is 1.25 bits per heavy atom. The molecule has 0 nitrogen and oxygen atoms in total. The molecule has 0 saturated carbocycles. The second-order valence-corrected chi connectivity index (χ2v) is 0. The summed E-state index contributed by atoms with van der Waals surface area (Å²) in [7, 11) is 2.56. The molecule has 0 amide bonds. The van der Waals surface area contributed by atoms with Crippen LogP contribution in [0.2, 0.25) is 0 Å². The van der Waals surface area contributed by atoms with Crippen LogP contribution in [0.4, 0.5) is 0 Å². The Bertz CT molecular complexity index is 8.00. The molecule has 0 fully saturated rings. The first-order valence-electron chi connectivity index (χ1n) is 0.577. The van der Waals surface area contributed by atoms with Gasteiger partial charge in [-0.15, -0.1) is 0 Å². The molecule has 0 aliphatic heterocycles. The van der Waals surface area contributed by atoms with Crippen molar-refractivity contribution in [2.75, 3.05) is 0 Å². The van der Waals surface area contributed by atoms with Gasteiger partial charge in [0.05, 0.1) is 0 Å². The number of hydrogen-bond acceptors (Lipinski definition) is 0. The van der Waals surface area contributed by atoms with Crippen molar-refractivity contribution in [2.24, 2.45) is 0 Å². The van der Waals surface area contributed by atoms with Crippen molar-refractivity contribution < 1.29 is 55.1 Å². The first kappa shape index (κ1) is 15.9. The second-order valence-electron chi connectivity index (χ2n) is 0. The van der Waals surface area contributed by atoms with Crippen LogP contribution >= 0.6 is 7.89 Å². The Morgan fingerprint density at radius 3 is 1.25 bits per heavy atom. The summed E-state index contributed by atoms with van der Waals surface area (Å²) in [4.78, 5) is 0. The van der Waals surface area contributed by atoms with Crippen molar-refractivity contribution in [3.05, 3.63) is 0 Å². The molecule has 0 aliphatic rings. The van der Waals surface area contributed by atoms with E-state index in [-0.39, 0.29) is 55.1 Å². The van der Waals surface area contributed by atoms with Gasteiger partial charge < -0.3 is 0 Å². The van der Waals surface area contributed by atoms with Crippen molar-refractivity contribution in [3.63, 3.8) is 0 Å². The zero-order valence-corrected chi connectivity index (χ0v) is 12.6. The third-order valence-electron chi connectivity index (χ3n) is 0. The third kappa shape index (κ3) is 8.84. The van der Waals surface area contributed by atoms with Crippen LogP contribution < -0.4 is 0 Å². The zero-order chi connectivity index (χ0) is 2.00. The number of rotatable bonds is 0. The molecule has 0 N–H and O–H groups in total. The summed E-state index contributed by atoms with van der Waals surface area (Å²) in [5, 5.41) is 0. The fourth-order valence-electron chi connectivity index (χ4n) is 0. The first-order valence-corrected chi connectivity index (χ1v) is 5.20. The van der Waals surface area contributed by atoms with Crippen LogP contribution in [0.1, 0.15) is 0 Å². The van der Waals surface area contributed by atoms with E-state index in [0.29, 0.717) is 0 Å². The molecule has 1 unspecified atom stereocenters. The van der Waals surface area contributed by atoms with Crippen molar-refractivity contribution in [1.29, 1.82) is 0 Å². The predicted octanol–water partition coefficient (Wildman–Crippen LogP) is -0.593. The molecule has 0 aromatic rings. The monoisotopic (exact) mass is 265 g/mol. The van der Waals surface area contributed by atoms with Crippen molar-refractivity contribution in [2.45, 2.75) is 0 Å². The van der Waals surface area contributed by atoms with E-state index in [1.54, 1.807) is 0 Å². The van der Waals surface area contributed by atoms with Gasteiger partial charge in [-0.1, -0.05) is 0 Å². The Hall–Kier alpha value is 2.78. The standard InChI is InChI=1S/Al.La.H2P.Zn.2H/h;;1H2;;;/q+1;;-1;;;. The van der Waals surface area contributed by atoms with Gasteiger partial charge in [-0.05, 0) is 0 Å². The Labute approximate surface area is 77.4 Å². The fraction of sp³-hybridized carbons (Fsp3) is 0. The molecule has 0 aromatic heterocycles. The average molecular weight is 266 g/mol. The van der Waals surface area contributed by atoms with Gasteiger partial charge >= 0.3 is 0 Å². The molecule has 1 atom stereocenters. The van der Waals surface area contributed by atoms with E-state index in [0.717, 1.165) is 0 Å². The maximum atomic E-state index is 2.56. The molecule has 0 aliphatic carbocycles. The normalized spacial score (nSPS) is 1.25. The van der Waals surface area contributed by atoms with E-state index in [1.165, 1.54) is 15.8 Å². The van der Waals surface area contributed by atoms with Gasteiger partial charge in [0.2, 0.25) is 15.8 Å². The molecular formula is H4AlLaPZn. The van der Waals surface area contributed by atoms with Gasteiger partial charge in [0.25, 0.3) is 0 Å². The Balaban J connectivity index is -0.00000000500. The molecule has 1 radical (unpaired) electrons. The summed E-state index contributed by atoms with van der Waals surface area (Å²) < 4.78 is 0. The van der Waals surface area contributed by atoms with Crippen molar-refractivity contribution >= 4 is 23.7 Å². The SMILES string of the molecule is [AlH2][PH2].[La].[Zn]. The van der Waals surface area contributed by atoms with Crippen LogP contribution in [0.5, 0.6) is 0 Å². The van der Waals surface area contributed by atoms with E-state index < -0.39 is 0 Å². The smallest absolute Gasteiger partial charge is 0.210 e. The van der Waals surface area contributed by atoms with Crippen LogP contribution in [0.25, 0.3) is 0 Å². The molecule has 0 bridgehead atoms. The minimum Gasteiger partial charge on any atom is -0.210 e. The van der Waals surface area contributed by atoms with E-state index in [9.17, 15) is 0 Å². The van der Waals surface area contributed by atoms with Crippen LogP contribution in [0, 0.1) is 35.6 Å². The van der Waals surface area contributed by atoms with E-state index in [2.05, 4.69) is 7.89 Å². The van der Waals surface area contributed by atoms with Crippen LogP contribution in [0.3, 0.4) is 0 Å². The van der Waals surface area contributed by atoms with Crippen LogP contribution in [0.15, 0.2) is 0 Å². The minimum atomic E-state index is 0. The van der Waals surface area contributed by atoms with E-state index in [4.69, 9.17) is 0 Å². The predicted molar refractivity (Wildman–Crippen MR) is 18.3 cm³/mol. The second kappa shape index (κ2) is 17.1. The summed E-state index contributed by atoms with van der Waals surface area (Å²) in [6.07, 6.45) is 0. The van der Waals surface area contributed by atoms with Gasteiger partial charge in [0, 0.05) is 55.1 Å². The molecule has 0 heterocycles. The van der Waals surface area contributed by atoms with Crippen molar-refractivity contribution in [1.82, 2.24) is 0 Å². The quantitative estimate of drug-likeness (QED) is 0.406. The molecule has 0 spiro atoms. The Kier molecular flexibility index (Phi) is 67.7. The maximum absolute atomic E-state index is 2.56. The van der Waals surface area contributed by atoms with Gasteiger partial charge in [-0.25, -0.2) is 7.89 Å². The largest absolute Gasteiger partial charge is 0.243 e. The van der Waals surface area contributed by atoms with Gasteiger partial charge in [-0.3, -0.25) is 0 Å². The summed E-state index contributed by atoms with van der Waals surface area (Å²) in [5.74, 6) is 0. The molecule has 0 saturated heterocycles. The number of hydrogen-bond donors (Lipinski definition) is 0. The molecular weight excluding hydrogens is 262 g/mol. The summed E-state index contributed by atoms with van der Waals surface area (Å²) in [6.45, 7) is 0. The first-order chi connectivity index (χ1) is 1.00. The molecule has 4 heavy (non-hydrogen) atoms. The van der Waals surface area contributed by atoms with Gasteiger partial charge in [-0.2, -0.15) is 0 Å². The van der Waals surface area contributed by atoms with E-state index in [1.807, 2.05) is 0 Å². The summed E-state index contributed by atoms with van der Waals surface area (Å²) >= 11 is 1.22. The maximum Gasteiger partial charge on any atom is 0.243 e. The molecule has 0 rings (SSSR count). The fourth-order valence-corrected chi connectivity index (χ4v) is 0. The summed E-state index contributed by atoms with van der Waals surface area (Å²) in [6, 6.07) is 0. The van der Waals surface area contributed by atoms with Gasteiger partial charge in [0.1, 0.15) is 0 Å². The van der Waals surface area contributed by atoms with Crippen LogP contribution in [-0.2, 0) is 19.5 Å². The molecule has 0 aromatic carbocycles.